The first-order valence-electron chi connectivity index (χ1n) is 14.6. The Kier molecular flexibility index (Phi) is 12.2. The number of ether oxygens (including phenoxy) is 6. The Balaban J connectivity index is 1.69. The van der Waals surface area contributed by atoms with Crippen molar-refractivity contribution in [2.75, 3.05) is 119 Å². The molecule has 4 aliphatic heterocycles. The summed E-state index contributed by atoms with van der Waals surface area (Å²) in [6, 6.07) is 0. The van der Waals surface area contributed by atoms with Crippen LogP contribution in [0.2, 0.25) is 0 Å². The Bertz CT molecular complexity index is 662. The lowest BCUT2D eigenvalue weighted by atomic mass is 9.75. The third-order valence-electron chi connectivity index (χ3n) is 7.92. The topological polar surface area (TPSA) is 143 Å². The van der Waals surface area contributed by atoms with Crippen LogP contribution in [0.3, 0.4) is 0 Å². The SMILES string of the molecule is OC1(CN2CCNCCNCC2(CC2(O)COCCCOC2)CC2(O)COCCCOC2)COCCCOC1. The van der Waals surface area contributed by atoms with Crippen LogP contribution in [0, 0.1) is 0 Å². The minimum atomic E-state index is -1.29. The van der Waals surface area contributed by atoms with E-state index in [4.69, 9.17) is 28.4 Å². The van der Waals surface area contributed by atoms with Gasteiger partial charge in [0.1, 0.15) is 16.8 Å². The molecule has 0 unspecified atom stereocenters. The molecule has 4 rings (SSSR count). The summed E-state index contributed by atoms with van der Waals surface area (Å²) in [7, 11) is 0. The van der Waals surface area contributed by atoms with Crippen molar-refractivity contribution >= 4 is 0 Å². The van der Waals surface area contributed by atoms with Crippen LogP contribution in [0.4, 0.5) is 0 Å². The molecule has 0 aromatic heterocycles. The van der Waals surface area contributed by atoms with Crippen molar-refractivity contribution in [2.45, 2.75) is 54.4 Å². The lowest BCUT2D eigenvalue weighted by Gasteiger charge is -2.52. The van der Waals surface area contributed by atoms with Crippen molar-refractivity contribution in [2.24, 2.45) is 0 Å². The maximum absolute atomic E-state index is 11.9. The first-order chi connectivity index (χ1) is 18.8. The highest BCUT2D eigenvalue weighted by Crippen LogP contribution is 2.37. The molecular weight excluding hydrogens is 510 g/mol. The summed E-state index contributed by atoms with van der Waals surface area (Å²) >= 11 is 0. The van der Waals surface area contributed by atoms with Gasteiger partial charge >= 0.3 is 0 Å². The zero-order valence-electron chi connectivity index (χ0n) is 23.5. The first-order valence-corrected chi connectivity index (χ1v) is 14.6. The average molecular weight is 562 g/mol. The van der Waals surface area contributed by atoms with E-state index < -0.39 is 22.3 Å². The molecule has 12 heteroatoms. The molecule has 0 aliphatic carbocycles. The maximum atomic E-state index is 11.9. The van der Waals surface area contributed by atoms with E-state index in [2.05, 4.69) is 15.5 Å². The molecule has 4 saturated heterocycles. The first kappa shape index (κ1) is 31.5. The van der Waals surface area contributed by atoms with Crippen molar-refractivity contribution in [3.63, 3.8) is 0 Å². The van der Waals surface area contributed by atoms with E-state index in [1.165, 1.54) is 0 Å². The smallest absolute Gasteiger partial charge is 0.124 e. The van der Waals surface area contributed by atoms with Gasteiger partial charge in [0, 0.05) is 97.3 Å². The summed E-state index contributed by atoms with van der Waals surface area (Å²) in [6.07, 6.45) is 2.86. The number of β-amino-alcohol motifs (C(OH)–C–C–N with tert-alkyl or cyclic N) is 1. The molecule has 12 nitrogen and oxygen atoms in total. The van der Waals surface area contributed by atoms with Gasteiger partial charge in [-0.05, 0) is 19.3 Å². The molecule has 0 saturated carbocycles. The molecule has 5 N–H and O–H groups in total. The summed E-state index contributed by atoms with van der Waals surface area (Å²) in [5.74, 6) is 0. The third-order valence-corrected chi connectivity index (χ3v) is 7.92. The molecule has 0 atom stereocenters. The monoisotopic (exact) mass is 561 g/mol. The second kappa shape index (κ2) is 15.1. The average Bonchev–Trinajstić information content (AvgIpc) is 2.94. The van der Waals surface area contributed by atoms with Crippen LogP contribution in [0.15, 0.2) is 0 Å². The van der Waals surface area contributed by atoms with Gasteiger partial charge in [-0.15, -0.1) is 0 Å². The quantitative estimate of drug-likeness (QED) is 0.258. The van der Waals surface area contributed by atoms with Gasteiger partial charge in [0.2, 0.25) is 0 Å². The van der Waals surface area contributed by atoms with Gasteiger partial charge in [0.25, 0.3) is 0 Å². The molecule has 0 aromatic rings. The van der Waals surface area contributed by atoms with Gasteiger partial charge in [-0.1, -0.05) is 0 Å². The number of hydrogen-bond donors (Lipinski definition) is 5. The summed E-state index contributed by atoms with van der Waals surface area (Å²) in [6.45, 7) is 7.40. The second-order valence-corrected chi connectivity index (χ2v) is 12.0. The molecule has 0 bridgehead atoms. The van der Waals surface area contributed by atoms with Gasteiger partial charge in [0.05, 0.1) is 39.6 Å². The highest BCUT2D eigenvalue weighted by Gasteiger charge is 2.51. The molecule has 0 amide bonds. The van der Waals surface area contributed by atoms with E-state index in [0.717, 1.165) is 32.4 Å². The van der Waals surface area contributed by atoms with E-state index in [1.54, 1.807) is 0 Å². The van der Waals surface area contributed by atoms with E-state index in [0.29, 0.717) is 59.3 Å². The van der Waals surface area contributed by atoms with Gasteiger partial charge in [-0.3, -0.25) is 4.90 Å². The molecule has 228 valence electrons. The molecule has 0 radical (unpaired) electrons. The number of nitrogens with one attached hydrogen (secondary N) is 2. The molecule has 4 fully saturated rings. The normalized spacial score (nSPS) is 29.6. The van der Waals surface area contributed by atoms with Gasteiger partial charge in [-0.2, -0.15) is 0 Å². The second-order valence-electron chi connectivity index (χ2n) is 12.0. The standard InChI is InChI=1S/C27H51N3O9/c31-25(18-34-8-1-9-35-19-25)14-24(15-26(32)20-36-10-2-11-37-21-26)16-29-5-4-28-6-7-30(24)17-27(33)22-38-12-3-13-39-23-27/h28-29,31-33H,1-23H2. The van der Waals surface area contributed by atoms with Gasteiger partial charge in [-0.25, -0.2) is 0 Å². The highest BCUT2D eigenvalue weighted by atomic mass is 16.5. The Labute approximate surface area is 232 Å². The fourth-order valence-electron chi connectivity index (χ4n) is 6.21. The molecule has 39 heavy (non-hydrogen) atoms. The zero-order chi connectivity index (χ0) is 27.5. The summed E-state index contributed by atoms with van der Waals surface area (Å²) in [5.41, 5.74) is -4.66. The Morgan fingerprint density at radius 3 is 1.41 bits per heavy atom. The number of rotatable bonds is 6. The fraction of sp³-hybridized carbons (Fsp3) is 1.00. The summed E-state index contributed by atoms with van der Waals surface area (Å²) < 4.78 is 35.1. The van der Waals surface area contributed by atoms with Crippen LogP contribution < -0.4 is 10.6 Å². The van der Waals surface area contributed by atoms with Gasteiger partial charge in [0.15, 0.2) is 0 Å². The third kappa shape index (κ3) is 9.79. The van der Waals surface area contributed by atoms with Crippen LogP contribution in [-0.4, -0.2) is 161 Å². The van der Waals surface area contributed by atoms with E-state index in [9.17, 15) is 15.3 Å². The molecule has 4 aliphatic rings. The van der Waals surface area contributed by atoms with Crippen molar-refractivity contribution in [3.05, 3.63) is 0 Å². The highest BCUT2D eigenvalue weighted by molar-refractivity contribution is 5.06. The van der Waals surface area contributed by atoms with Crippen molar-refractivity contribution in [3.8, 4) is 0 Å². The van der Waals surface area contributed by atoms with Crippen molar-refractivity contribution < 1.29 is 43.7 Å². The van der Waals surface area contributed by atoms with Crippen LogP contribution in [-0.2, 0) is 28.4 Å². The van der Waals surface area contributed by atoms with Crippen LogP contribution in [0.5, 0.6) is 0 Å². The largest absolute Gasteiger partial charge is 0.385 e. The summed E-state index contributed by atoms with van der Waals surface area (Å²) in [4.78, 5) is 2.19. The predicted octanol–water partition coefficient (Wildman–Crippen LogP) is -1.50. The Morgan fingerprint density at radius 1 is 0.538 bits per heavy atom. The van der Waals surface area contributed by atoms with Crippen LogP contribution in [0.1, 0.15) is 32.1 Å². The van der Waals surface area contributed by atoms with Crippen LogP contribution >= 0.6 is 0 Å². The number of nitrogens with zero attached hydrogens (tertiary/aromatic N) is 1. The predicted molar refractivity (Wildman–Crippen MR) is 143 cm³/mol. The minimum absolute atomic E-state index is 0.128. The Hall–Kier alpha value is -0.480. The Morgan fingerprint density at radius 2 is 0.949 bits per heavy atom. The van der Waals surface area contributed by atoms with E-state index in [-0.39, 0.29) is 59.0 Å². The van der Waals surface area contributed by atoms with Crippen LogP contribution in [0.25, 0.3) is 0 Å². The molecule has 0 aromatic carbocycles. The minimum Gasteiger partial charge on any atom is -0.385 e. The summed E-state index contributed by atoms with van der Waals surface area (Å²) in [5, 5.41) is 42.6. The lowest BCUT2D eigenvalue weighted by molar-refractivity contribution is -0.180. The van der Waals surface area contributed by atoms with Crippen molar-refractivity contribution in [1.82, 2.24) is 15.5 Å². The maximum Gasteiger partial charge on any atom is 0.124 e. The molecular formula is C27H51N3O9. The van der Waals surface area contributed by atoms with Crippen molar-refractivity contribution in [1.29, 1.82) is 0 Å². The fourth-order valence-corrected chi connectivity index (χ4v) is 6.21. The van der Waals surface area contributed by atoms with E-state index in [1.807, 2.05) is 0 Å². The zero-order valence-corrected chi connectivity index (χ0v) is 23.5. The van der Waals surface area contributed by atoms with Gasteiger partial charge < -0.3 is 54.4 Å². The molecule has 0 spiro atoms. The number of hydrogen-bond acceptors (Lipinski definition) is 12. The molecule has 4 heterocycles. The number of aliphatic hydroxyl groups is 3. The lowest BCUT2D eigenvalue weighted by Crippen LogP contribution is -2.67. The van der Waals surface area contributed by atoms with E-state index >= 15 is 0 Å².